The third kappa shape index (κ3) is 5.91. The molecular formula is C55H38N2. The zero-order chi connectivity index (χ0) is 37.7. The molecule has 0 spiro atoms. The summed E-state index contributed by atoms with van der Waals surface area (Å²) in [6, 6.07) is 79.8. The summed E-state index contributed by atoms with van der Waals surface area (Å²) in [6.07, 6.45) is 0.850. The molecule has 0 unspecified atom stereocenters. The van der Waals surface area contributed by atoms with Gasteiger partial charge in [-0.2, -0.15) is 0 Å². The summed E-state index contributed by atoms with van der Waals surface area (Å²) in [5.74, 6) is 0. The molecule has 1 aliphatic rings. The second kappa shape index (κ2) is 13.7. The van der Waals surface area contributed by atoms with Crippen molar-refractivity contribution in [2.24, 2.45) is 0 Å². The first-order valence-electron chi connectivity index (χ1n) is 19.7. The lowest BCUT2D eigenvalue weighted by molar-refractivity contribution is 1.09. The summed E-state index contributed by atoms with van der Waals surface area (Å²) in [5.41, 5.74) is 14.6. The maximum absolute atomic E-state index is 2.46. The molecule has 57 heavy (non-hydrogen) atoms. The van der Waals surface area contributed by atoms with Gasteiger partial charge >= 0.3 is 0 Å². The lowest BCUT2D eigenvalue weighted by Gasteiger charge is -2.34. The van der Waals surface area contributed by atoms with Crippen LogP contribution in [0.5, 0.6) is 0 Å². The van der Waals surface area contributed by atoms with Crippen molar-refractivity contribution in [3.63, 3.8) is 0 Å². The van der Waals surface area contributed by atoms with E-state index in [-0.39, 0.29) is 0 Å². The molecule has 0 aromatic heterocycles. The molecule has 0 N–H and O–H groups in total. The number of hydrogen-bond acceptors (Lipinski definition) is 2. The Balaban J connectivity index is 1.000. The van der Waals surface area contributed by atoms with Crippen LogP contribution in [0.2, 0.25) is 0 Å². The molecule has 0 radical (unpaired) electrons. The van der Waals surface area contributed by atoms with Gasteiger partial charge in [-0.05, 0) is 138 Å². The van der Waals surface area contributed by atoms with Gasteiger partial charge < -0.3 is 9.80 Å². The third-order valence-corrected chi connectivity index (χ3v) is 11.6. The highest BCUT2D eigenvalue weighted by atomic mass is 15.2. The largest absolute Gasteiger partial charge is 0.310 e. The Kier molecular flexibility index (Phi) is 7.93. The van der Waals surface area contributed by atoms with Gasteiger partial charge in [0.25, 0.3) is 0 Å². The van der Waals surface area contributed by atoms with Crippen LogP contribution >= 0.6 is 0 Å². The van der Waals surface area contributed by atoms with Crippen LogP contribution in [-0.4, -0.2) is 0 Å². The van der Waals surface area contributed by atoms with Crippen LogP contribution in [0.1, 0.15) is 11.1 Å². The summed E-state index contributed by atoms with van der Waals surface area (Å²) in [7, 11) is 0. The van der Waals surface area contributed by atoms with Gasteiger partial charge in [-0.15, -0.1) is 0 Å². The molecule has 0 atom stereocenters. The Morgan fingerprint density at radius 1 is 0.333 bits per heavy atom. The quantitative estimate of drug-likeness (QED) is 0.168. The summed E-state index contributed by atoms with van der Waals surface area (Å²) in [6.45, 7) is 0. The topological polar surface area (TPSA) is 6.48 Å². The zero-order valence-electron chi connectivity index (χ0n) is 31.4. The van der Waals surface area contributed by atoms with Crippen molar-refractivity contribution in [2.75, 3.05) is 9.80 Å². The van der Waals surface area contributed by atoms with Crippen molar-refractivity contribution in [1.82, 2.24) is 0 Å². The molecule has 0 saturated carbocycles. The number of fused-ring (bicyclic) bond motifs is 5. The van der Waals surface area contributed by atoms with Gasteiger partial charge in [-0.3, -0.25) is 0 Å². The van der Waals surface area contributed by atoms with Gasteiger partial charge in [-0.1, -0.05) is 146 Å². The molecule has 0 saturated heterocycles. The normalized spacial score (nSPS) is 12.1. The van der Waals surface area contributed by atoms with Gasteiger partial charge in [0.15, 0.2) is 0 Å². The highest BCUT2D eigenvalue weighted by Crippen LogP contribution is 2.47. The van der Waals surface area contributed by atoms with E-state index in [0.29, 0.717) is 0 Å². The molecule has 1 aliphatic heterocycles. The van der Waals surface area contributed by atoms with Crippen molar-refractivity contribution in [1.29, 1.82) is 0 Å². The van der Waals surface area contributed by atoms with E-state index < -0.39 is 0 Å². The van der Waals surface area contributed by atoms with Crippen LogP contribution in [-0.2, 0) is 6.42 Å². The average molecular weight is 727 g/mol. The Morgan fingerprint density at radius 3 is 1.63 bits per heavy atom. The van der Waals surface area contributed by atoms with E-state index in [0.717, 1.165) is 23.5 Å². The second-order valence-electron chi connectivity index (χ2n) is 15.0. The van der Waals surface area contributed by atoms with E-state index >= 15 is 0 Å². The predicted molar refractivity (Wildman–Crippen MR) is 242 cm³/mol. The van der Waals surface area contributed by atoms with E-state index in [4.69, 9.17) is 0 Å². The Bertz CT molecular complexity index is 3100. The van der Waals surface area contributed by atoms with Crippen LogP contribution < -0.4 is 9.80 Å². The van der Waals surface area contributed by atoms with Gasteiger partial charge in [0.05, 0.1) is 0 Å². The summed E-state index contributed by atoms with van der Waals surface area (Å²) in [4.78, 5) is 4.80. The van der Waals surface area contributed by atoms with Crippen molar-refractivity contribution in [3.8, 4) is 22.3 Å². The van der Waals surface area contributed by atoms with E-state index in [9.17, 15) is 0 Å². The van der Waals surface area contributed by atoms with Crippen molar-refractivity contribution < 1.29 is 0 Å². The summed E-state index contributed by atoms with van der Waals surface area (Å²) in [5, 5.41) is 7.49. The fourth-order valence-electron chi connectivity index (χ4n) is 8.79. The molecule has 268 valence electrons. The van der Waals surface area contributed by atoms with Gasteiger partial charge in [-0.25, -0.2) is 0 Å². The fourth-order valence-corrected chi connectivity index (χ4v) is 8.79. The van der Waals surface area contributed by atoms with Crippen LogP contribution in [0.25, 0.3) is 54.6 Å². The number of para-hydroxylation sites is 1. The zero-order valence-corrected chi connectivity index (χ0v) is 31.4. The maximum Gasteiger partial charge on any atom is 0.0497 e. The SMILES string of the molecule is c1ccc(N(c2ccc(-c3ccc4c(c3)Cc3cc(-c5cccc6ccccc56)ccc3N4c3ccc4ccccc4c3)cc2)c2ccc3ccccc3c2)cc1. The first kappa shape index (κ1) is 33.0. The third-order valence-electron chi connectivity index (χ3n) is 11.6. The molecule has 0 amide bonds. The number of anilines is 6. The van der Waals surface area contributed by atoms with Crippen LogP contribution in [0.3, 0.4) is 0 Å². The Hall–Kier alpha value is -7.42. The molecule has 11 rings (SSSR count). The van der Waals surface area contributed by atoms with E-state index in [2.05, 4.69) is 228 Å². The molecule has 0 fully saturated rings. The average Bonchev–Trinajstić information content (AvgIpc) is 3.28. The monoisotopic (exact) mass is 726 g/mol. The molecule has 1 heterocycles. The molecule has 10 aromatic rings. The smallest absolute Gasteiger partial charge is 0.0497 e. The first-order valence-corrected chi connectivity index (χ1v) is 19.7. The highest BCUT2D eigenvalue weighted by molar-refractivity contribution is 5.98. The van der Waals surface area contributed by atoms with Crippen molar-refractivity contribution >= 4 is 66.4 Å². The molecule has 0 aliphatic carbocycles. The van der Waals surface area contributed by atoms with Crippen molar-refractivity contribution in [3.05, 3.63) is 230 Å². The Morgan fingerprint density at radius 2 is 0.877 bits per heavy atom. The van der Waals surface area contributed by atoms with Gasteiger partial charge in [0.2, 0.25) is 0 Å². The van der Waals surface area contributed by atoms with Crippen LogP contribution in [0.4, 0.5) is 34.1 Å². The molecule has 2 nitrogen and oxygen atoms in total. The van der Waals surface area contributed by atoms with Crippen LogP contribution in [0, 0.1) is 0 Å². The van der Waals surface area contributed by atoms with E-state index in [1.54, 1.807) is 0 Å². The Labute approximate surface area is 333 Å². The summed E-state index contributed by atoms with van der Waals surface area (Å²) < 4.78 is 0. The number of rotatable bonds is 6. The molecule has 2 heteroatoms. The van der Waals surface area contributed by atoms with Crippen LogP contribution in [0.15, 0.2) is 218 Å². The van der Waals surface area contributed by atoms with Gasteiger partial charge in [0, 0.05) is 40.5 Å². The van der Waals surface area contributed by atoms with Gasteiger partial charge in [0.1, 0.15) is 0 Å². The minimum atomic E-state index is 0.850. The van der Waals surface area contributed by atoms with Crippen molar-refractivity contribution in [2.45, 2.75) is 6.42 Å². The first-order chi connectivity index (χ1) is 28.2. The predicted octanol–water partition coefficient (Wildman–Crippen LogP) is 15.3. The maximum atomic E-state index is 2.46. The fraction of sp³-hybridized carbons (Fsp3) is 0.0182. The highest BCUT2D eigenvalue weighted by Gasteiger charge is 2.26. The second-order valence-corrected chi connectivity index (χ2v) is 15.0. The molecular weight excluding hydrogens is 689 g/mol. The number of hydrogen-bond donors (Lipinski definition) is 0. The van der Waals surface area contributed by atoms with E-state index in [1.165, 1.54) is 82.8 Å². The molecule has 0 bridgehead atoms. The standard InChI is InChI=1S/C55H38N2/c1-2-17-48(18-3-1)56(50-29-23-38-11-4-6-14-42(38)36-50)49-27-21-40(22-28-49)44-25-31-54-46(33-44)35-47-34-45(53-20-10-16-41-13-8-9-19-52(41)53)26-32-55(47)57(54)51-30-24-39-12-5-7-15-43(39)37-51/h1-34,36-37H,35H2. The lowest BCUT2D eigenvalue weighted by Crippen LogP contribution is -2.18. The van der Waals surface area contributed by atoms with E-state index in [1.807, 2.05) is 0 Å². The molecule has 10 aromatic carbocycles. The number of nitrogens with zero attached hydrogens (tertiary/aromatic N) is 2. The lowest BCUT2D eigenvalue weighted by atomic mass is 9.89. The number of benzene rings is 10. The minimum absolute atomic E-state index is 0.850. The summed E-state index contributed by atoms with van der Waals surface area (Å²) >= 11 is 0. The minimum Gasteiger partial charge on any atom is -0.310 e.